The first-order chi connectivity index (χ1) is 13.5. The van der Waals surface area contributed by atoms with Crippen molar-refractivity contribution in [1.29, 1.82) is 0 Å². The minimum Gasteiger partial charge on any atom is -0.504 e. The predicted octanol–water partition coefficient (Wildman–Crippen LogP) is 4.88. The highest BCUT2D eigenvalue weighted by Gasteiger charge is 2.26. The van der Waals surface area contributed by atoms with Crippen molar-refractivity contribution in [3.05, 3.63) is 53.4 Å². The van der Waals surface area contributed by atoms with Crippen molar-refractivity contribution in [2.45, 2.75) is 20.8 Å². The molecule has 28 heavy (non-hydrogen) atoms. The summed E-state index contributed by atoms with van der Waals surface area (Å²) in [5, 5.41) is 11.9. The van der Waals surface area contributed by atoms with Crippen LogP contribution in [0.2, 0.25) is 0 Å². The number of phenols is 1. The molecule has 1 N–H and O–H groups in total. The molecule has 144 valence electrons. The maximum absolute atomic E-state index is 12.7. The number of carbonyl (C=O) groups excluding carboxylic acids is 1. The van der Waals surface area contributed by atoms with E-state index in [4.69, 9.17) is 13.9 Å². The Balaban J connectivity index is 2.15. The Morgan fingerprint density at radius 2 is 1.93 bits per heavy atom. The summed E-state index contributed by atoms with van der Waals surface area (Å²) in [6.07, 6.45) is 1.61. The van der Waals surface area contributed by atoms with Crippen molar-refractivity contribution < 1.29 is 23.8 Å². The Morgan fingerprint density at radius 3 is 2.57 bits per heavy atom. The van der Waals surface area contributed by atoms with Gasteiger partial charge in [0.2, 0.25) is 0 Å². The first kappa shape index (κ1) is 18.0. The third-order valence-electron chi connectivity index (χ3n) is 4.98. The standard InChI is InChI=1S/C22H21NO5/c1-5-27-22(25)19-13(3)23(14-6-8-15(26-4)9-7-14)20-16(19)10-17(24)21-18(20)12(2)11-28-21/h6-11,24H,5H2,1-4H3. The Morgan fingerprint density at radius 1 is 1.21 bits per heavy atom. The van der Waals surface area contributed by atoms with Gasteiger partial charge in [-0.1, -0.05) is 0 Å². The smallest absolute Gasteiger partial charge is 0.340 e. The molecule has 0 unspecified atom stereocenters. The molecule has 0 atom stereocenters. The van der Waals surface area contributed by atoms with Gasteiger partial charge in [0.25, 0.3) is 0 Å². The number of nitrogens with zero attached hydrogens (tertiary/aromatic N) is 1. The average molecular weight is 379 g/mol. The van der Waals surface area contributed by atoms with Crippen molar-refractivity contribution in [1.82, 2.24) is 4.57 Å². The van der Waals surface area contributed by atoms with Crippen LogP contribution in [0.4, 0.5) is 0 Å². The summed E-state index contributed by atoms with van der Waals surface area (Å²) >= 11 is 0. The van der Waals surface area contributed by atoms with Gasteiger partial charge in [0.1, 0.15) is 5.75 Å². The Kier molecular flexibility index (Phi) is 4.26. The van der Waals surface area contributed by atoms with Crippen LogP contribution in [-0.2, 0) is 4.74 Å². The lowest BCUT2D eigenvalue weighted by atomic mass is 10.1. The SMILES string of the molecule is CCOC(=O)c1c(C)n(-c2ccc(OC)cc2)c2c1cc(O)c1occ(C)c12. The molecule has 0 amide bonds. The number of benzene rings is 2. The van der Waals surface area contributed by atoms with Crippen LogP contribution in [0.1, 0.15) is 28.5 Å². The summed E-state index contributed by atoms with van der Waals surface area (Å²) in [6, 6.07) is 9.15. The normalized spacial score (nSPS) is 11.3. The number of phenolic OH excluding ortho intramolecular Hbond substituents is 1. The first-order valence-electron chi connectivity index (χ1n) is 9.04. The van der Waals surface area contributed by atoms with Gasteiger partial charge in [0.15, 0.2) is 11.3 Å². The lowest BCUT2D eigenvalue weighted by Gasteiger charge is -2.11. The highest BCUT2D eigenvalue weighted by atomic mass is 16.5. The largest absolute Gasteiger partial charge is 0.504 e. The molecule has 0 radical (unpaired) electrons. The Labute approximate surface area is 161 Å². The Hall–Kier alpha value is -3.41. The molecular weight excluding hydrogens is 358 g/mol. The number of furan rings is 1. The molecule has 4 rings (SSSR count). The Bertz CT molecular complexity index is 1200. The fraction of sp³-hybridized carbons (Fsp3) is 0.227. The van der Waals surface area contributed by atoms with Gasteiger partial charge in [-0.3, -0.25) is 0 Å². The van der Waals surface area contributed by atoms with Crippen LogP contribution in [0.5, 0.6) is 11.5 Å². The second-order valence-corrected chi connectivity index (χ2v) is 6.63. The maximum atomic E-state index is 12.7. The minimum absolute atomic E-state index is 0.00645. The van der Waals surface area contributed by atoms with Gasteiger partial charge in [-0.2, -0.15) is 0 Å². The van der Waals surface area contributed by atoms with Crippen LogP contribution in [0, 0.1) is 13.8 Å². The molecule has 0 fully saturated rings. The molecule has 6 heteroatoms. The summed E-state index contributed by atoms with van der Waals surface area (Å²) in [6.45, 7) is 5.82. The summed E-state index contributed by atoms with van der Waals surface area (Å²) < 4.78 is 18.1. The van der Waals surface area contributed by atoms with E-state index >= 15 is 0 Å². The third kappa shape index (κ3) is 2.52. The zero-order valence-corrected chi connectivity index (χ0v) is 16.2. The highest BCUT2D eigenvalue weighted by molar-refractivity contribution is 6.16. The van der Waals surface area contributed by atoms with Gasteiger partial charge >= 0.3 is 5.97 Å². The summed E-state index contributed by atoms with van der Waals surface area (Å²) in [7, 11) is 1.62. The van der Waals surface area contributed by atoms with E-state index in [9.17, 15) is 9.90 Å². The molecule has 4 aromatic rings. The van der Waals surface area contributed by atoms with E-state index in [-0.39, 0.29) is 12.4 Å². The van der Waals surface area contributed by atoms with Gasteiger partial charge in [0.05, 0.1) is 36.4 Å². The first-order valence-corrected chi connectivity index (χ1v) is 9.04. The number of carbonyl (C=O) groups is 1. The fourth-order valence-corrected chi connectivity index (χ4v) is 3.74. The van der Waals surface area contributed by atoms with Gasteiger partial charge in [-0.05, 0) is 56.7 Å². The number of hydrogen-bond donors (Lipinski definition) is 1. The van der Waals surface area contributed by atoms with Crippen LogP contribution >= 0.6 is 0 Å². The third-order valence-corrected chi connectivity index (χ3v) is 4.98. The molecule has 2 aromatic carbocycles. The lowest BCUT2D eigenvalue weighted by molar-refractivity contribution is 0.0527. The number of hydrogen-bond acceptors (Lipinski definition) is 5. The van der Waals surface area contributed by atoms with Crippen LogP contribution in [0.3, 0.4) is 0 Å². The molecule has 6 nitrogen and oxygen atoms in total. The number of esters is 1. The van der Waals surface area contributed by atoms with E-state index in [1.807, 2.05) is 42.7 Å². The number of ether oxygens (including phenoxy) is 2. The zero-order valence-electron chi connectivity index (χ0n) is 16.2. The summed E-state index contributed by atoms with van der Waals surface area (Å²) in [4.78, 5) is 12.7. The maximum Gasteiger partial charge on any atom is 0.340 e. The molecular formula is C22H21NO5. The quantitative estimate of drug-likeness (QED) is 0.511. The molecule has 0 spiro atoms. The molecule has 0 bridgehead atoms. The van der Waals surface area contributed by atoms with Gasteiger partial charge < -0.3 is 23.6 Å². The summed E-state index contributed by atoms with van der Waals surface area (Å²) in [5.74, 6) is 0.316. The average Bonchev–Trinajstić information content (AvgIpc) is 3.20. The van der Waals surface area contributed by atoms with Gasteiger partial charge in [0, 0.05) is 16.8 Å². The van der Waals surface area contributed by atoms with Crippen molar-refractivity contribution in [2.75, 3.05) is 13.7 Å². The topological polar surface area (TPSA) is 73.8 Å². The molecule has 0 saturated heterocycles. The monoisotopic (exact) mass is 379 g/mol. The minimum atomic E-state index is -0.419. The van der Waals surface area contributed by atoms with Crippen LogP contribution in [-0.4, -0.2) is 29.4 Å². The second-order valence-electron chi connectivity index (χ2n) is 6.63. The van der Waals surface area contributed by atoms with Crippen molar-refractivity contribution in [3.8, 4) is 17.2 Å². The van der Waals surface area contributed by atoms with Crippen LogP contribution in [0.15, 0.2) is 41.0 Å². The van der Waals surface area contributed by atoms with E-state index in [0.29, 0.717) is 16.5 Å². The van der Waals surface area contributed by atoms with E-state index in [1.165, 1.54) is 0 Å². The molecule has 2 heterocycles. The molecule has 0 aliphatic carbocycles. The highest BCUT2D eigenvalue weighted by Crippen LogP contribution is 2.41. The van der Waals surface area contributed by atoms with E-state index in [0.717, 1.165) is 33.6 Å². The number of fused-ring (bicyclic) bond motifs is 3. The number of rotatable bonds is 4. The molecule has 2 aromatic heterocycles. The number of aromatic hydroxyl groups is 1. The van der Waals surface area contributed by atoms with E-state index < -0.39 is 5.97 Å². The lowest BCUT2D eigenvalue weighted by Crippen LogP contribution is -2.07. The molecule has 0 aliphatic heterocycles. The number of aryl methyl sites for hydroxylation is 1. The van der Waals surface area contributed by atoms with Crippen molar-refractivity contribution in [2.24, 2.45) is 0 Å². The zero-order chi connectivity index (χ0) is 20.0. The van der Waals surface area contributed by atoms with Crippen molar-refractivity contribution in [3.63, 3.8) is 0 Å². The van der Waals surface area contributed by atoms with Gasteiger partial charge in [-0.25, -0.2) is 4.79 Å². The molecule has 0 aliphatic rings. The number of aromatic nitrogens is 1. The predicted molar refractivity (Wildman–Crippen MR) is 107 cm³/mol. The van der Waals surface area contributed by atoms with E-state index in [1.54, 1.807) is 26.4 Å². The second kappa shape index (κ2) is 6.64. The van der Waals surface area contributed by atoms with Crippen molar-refractivity contribution >= 4 is 27.8 Å². The van der Waals surface area contributed by atoms with E-state index in [2.05, 4.69) is 0 Å². The number of methoxy groups -OCH3 is 1. The van der Waals surface area contributed by atoms with Gasteiger partial charge in [-0.15, -0.1) is 0 Å². The summed E-state index contributed by atoms with van der Waals surface area (Å²) in [5.41, 5.74) is 4.10. The van der Waals surface area contributed by atoms with Crippen LogP contribution < -0.4 is 4.74 Å². The van der Waals surface area contributed by atoms with Crippen LogP contribution in [0.25, 0.3) is 27.6 Å². The molecule has 0 saturated carbocycles. The fourth-order valence-electron chi connectivity index (χ4n) is 3.74.